The van der Waals surface area contributed by atoms with E-state index < -0.39 is 11.4 Å². The van der Waals surface area contributed by atoms with Crippen LogP contribution >= 0.6 is 0 Å². The Morgan fingerprint density at radius 1 is 1.43 bits per heavy atom. The number of hydrogen-bond acceptors (Lipinski definition) is 3. The third-order valence-corrected chi connectivity index (χ3v) is 2.16. The van der Waals surface area contributed by atoms with Crippen molar-refractivity contribution < 1.29 is 17.0 Å². The van der Waals surface area contributed by atoms with Crippen molar-refractivity contribution >= 4 is 11.4 Å². The van der Waals surface area contributed by atoms with Gasteiger partial charge >= 0.3 is 11.4 Å². The first kappa shape index (κ1) is 11.3. The van der Waals surface area contributed by atoms with E-state index in [1.165, 1.54) is 12.1 Å². The predicted molar refractivity (Wildman–Crippen MR) is 51.0 cm³/mol. The lowest BCUT2D eigenvalue weighted by Gasteiger charge is -2.02. The summed E-state index contributed by atoms with van der Waals surface area (Å²) in [5.41, 5.74) is 0.623. The minimum absolute atomic E-state index is 0.0738. The third-order valence-electron chi connectivity index (χ3n) is 1.42. The van der Waals surface area contributed by atoms with Crippen LogP contribution in [0.2, 0.25) is 0 Å². The van der Waals surface area contributed by atoms with E-state index in [9.17, 15) is 8.60 Å². The molecule has 0 bridgehead atoms. The van der Waals surface area contributed by atoms with Crippen LogP contribution in [-0.2, 0) is 26.3 Å². The van der Waals surface area contributed by atoms with E-state index in [4.69, 9.17) is 4.18 Å². The minimum Gasteiger partial charge on any atom is -0.269 e. The Morgan fingerprint density at radius 2 is 2.21 bits per heavy atom. The molecule has 0 saturated carbocycles. The lowest BCUT2D eigenvalue weighted by atomic mass is 10.2. The Hall–Kier alpha value is -0.780. The van der Waals surface area contributed by atoms with Gasteiger partial charge < -0.3 is 0 Å². The topological polar surface area (TPSA) is 35.5 Å². The molecular weight excluding hydrogens is 207 g/mol. The third kappa shape index (κ3) is 3.95. The van der Waals surface area contributed by atoms with Gasteiger partial charge in [0.05, 0.1) is 13.2 Å². The van der Waals surface area contributed by atoms with Crippen LogP contribution in [0.15, 0.2) is 24.3 Å². The lowest BCUT2D eigenvalue weighted by Crippen LogP contribution is -2.02. The maximum atomic E-state index is 12.7. The highest BCUT2D eigenvalue weighted by molar-refractivity contribution is 7.75. The molecule has 0 amide bonds. The maximum Gasteiger partial charge on any atom is 0.304 e. The molecule has 1 unspecified atom stereocenters. The molecule has 78 valence electrons. The first-order valence-corrected chi connectivity index (χ1v) is 5.15. The van der Waals surface area contributed by atoms with E-state index in [1.54, 1.807) is 19.1 Å². The maximum absolute atomic E-state index is 12.7. The zero-order valence-corrected chi connectivity index (χ0v) is 8.55. The fourth-order valence-electron chi connectivity index (χ4n) is 0.873. The number of hydrogen-bond donors (Lipinski definition) is 0. The van der Waals surface area contributed by atoms with E-state index in [1.807, 2.05) is 0 Å². The smallest absolute Gasteiger partial charge is 0.269 e. The molecule has 0 fully saturated rings. The molecule has 0 spiro atoms. The average Bonchev–Trinajstić information content (AvgIpc) is 2.15. The second-order valence-corrected chi connectivity index (χ2v) is 3.38. The molecule has 14 heavy (non-hydrogen) atoms. The molecule has 0 radical (unpaired) electrons. The summed E-state index contributed by atoms with van der Waals surface area (Å²) in [5, 5.41) is 0. The van der Waals surface area contributed by atoms with Crippen molar-refractivity contribution in [2.75, 3.05) is 6.61 Å². The van der Waals surface area contributed by atoms with Crippen LogP contribution in [0.25, 0.3) is 0 Å². The van der Waals surface area contributed by atoms with Crippen molar-refractivity contribution in [1.29, 1.82) is 0 Å². The minimum atomic E-state index is -1.75. The van der Waals surface area contributed by atoms with Crippen LogP contribution in [-0.4, -0.2) is 10.8 Å². The number of rotatable bonds is 5. The standard InChI is InChI=1S/C9H11FO3S/c1-2-12-14(11)13-7-8-4-3-5-9(10)6-8/h3-6H,2,7H2,1H3. The Morgan fingerprint density at radius 3 is 2.86 bits per heavy atom. The lowest BCUT2D eigenvalue weighted by molar-refractivity contribution is 0.251. The summed E-state index contributed by atoms with van der Waals surface area (Å²) in [4.78, 5) is 0. The van der Waals surface area contributed by atoms with Gasteiger partial charge in [0, 0.05) is 0 Å². The predicted octanol–water partition coefficient (Wildman–Crippen LogP) is 1.96. The first-order valence-electron chi connectivity index (χ1n) is 4.15. The average molecular weight is 218 g/mol. The zero-order valence-electron chi connectivity index (χ0n) is 7.73. The zero-order chi connectivity index (χ0) is 10.4. The first-order chi connectivity index (χ1) is 6.72. The summed E-state index contributed by atoms with van der Waals surface area (Å²) in [6.07, 6.45) is 0. The normalized spacial score (nSPS) is 12.7. The van der Waals surface area contributed by atoms with Gasteiger partial charge in [-0.3, -0.25) is 8.37 Å². The second-order valence-electron chi connectivity index (χ2n) is 2.50. The summed E-state index contributed by atoms with van der Waals surface area (Å²) in [7, 11) is 0. The molecular formula is C9H11FO3S. The Kier molecular flexibility index (Phi) is 4.72. The summed E-state index contributed by atoms with van der Waals surface area (Å²) in [6, 6.07) is 5.91. The van der Waals surface area contributed by atoms with Crippen LogP contribution < -0.4 is 0 Å². The van der Waals surface area contributed by atoms with E-state index in [0.717, 1.165) is 0 Å². The Balaban J connectivity index is 2.41. The van der Waals surface area contributed by atoms with Crippen molar-refractivity contribution in [1.82, 2.24) is 0 Å². The highest BCUT2D eigenvalue weighted by atomic mass is 32.2. The number of halogens is 1. The molecule has 1 aromatic carbocycles. The largest absolute Gasteiger partial charge is 0.304 e. The molecule has 0 aliphatic rings. The van der Waals surface area contributed by atoms with E-state index in [0.29, 0.717) is 12.2 Å². The van der Waals surface area contributed by atoms with Gasteiger partial charge in [0.15, 0.2) is 0 Å². The molecule has 0 aromatic heterocycles. The Labute approximate surface area is 84.7 Å². The molecule has 3 nitrogen and oxygen atoms in total. The molecule has 0 aliphatic heterocycles. The molecule has 1 rings (SSSR count). The van der Waals surface area contributed by atoms with Crippen molar-refractivity contribution in [2.24, 2.45) is 0 Å². The molecule has 0 aliphatic carbocycles. The van der Waals surface area contributed by atoms with Crippen molar-refractivity contribution in [3.8, 4) is 0 Å². The van der Waals surface area contributed by atoms with Gasteiger partial charge in [-0.1, -0.05) is 12.1 Å². The molecule has 1 aromatic rings. The summed E-state index contributed by atoms with van der Waals surface area (Å²) >= 11 is -1.75. The van der Waals surface area contributed by atoms with Gasteiger partial charge in [-0.05, 0) is 24.6 Å². The Bertz CT molecular complexity index is 317. The van der Waals surface area contributed by atoms with Gasteiger partial charge in [-0.15, -0.1) is 0 Å². The van der Waals surface area contributed by atoms with E-state index in [-0.39, 0.29) is 12.4 Å². The van der Waals surface area contributed by atoms with Gasteiger partial charge in [0.1, 0.15) is 5.82 Å². The summed E-state index contributed by atoms with van der Waals surface area (Å²) in [5.74, 6) is -0.340. The molecule has 5 heteroatoms. The molecule has 0 N–H and O–H groups in total. The summed E-state index contributed by atoms with van der Waals surface area (Å²) < 4.78 is 33.0. The number of benzene rings is 1. The van der Waals surface area contributed by atoms with Crippen LogP contribution in [0.3, 0.4) is 0 Å². The van der Waals surface area contributed by atoms with Crippen LogP contribution in [0.1, 0.15) is 12.5 Å². The van der Waals surface area contributed by atoms with Crippen LogP contribution in [0, 0.1) is 5.82 Å². The monoisotopic (exact) mass is 218 g/mol. The highest BCUT2D eigenvalue weighted by Crippen LogP contribution is 2.06. The SMILES string of the molecule is CCOS(=O)OCc1cccc(F)c1. The van der Waals surface area contributed by atoms with Gasteiger partial charge in [0.25, 0.3) is 0 Å². The van der Waals surface area contributed by atoms with Gasteiger partial charge in [-0.25, -0.2) is 4.39 Å². The van der Waals surface area contributed by atoms with E-state index >= 15 is 0 Å². The summed E-state index contributed by atoms with van der Waals surface area (Å²) in [6.45, 7) is 2.10. The van der Waals surface area contributed by atoms with Gasteiger partial charge in [-0.2, -0.15) is 4.21 Å². The van der Waals surface area contributed by atoms with Gasteiger partial charge in [0.2, 0.25) is 0 Å². The van der Waals surface area contributed by atoms with Crippen molar-refractivity contribution in [2.45, 2.75) is 13.5 Å². The second kappa shape index (κ2) is 5.85. The quantitative estimate of drug-likeness (QED) is 0.757. The van der Waals surface area contributed by atoms with Crippen LogP contribution in [0.4, 0.5) is 4.39 Å². The fourth-order valence-corrected chi connectivity index (χ4v) is 1.37. The van der Waals surface area contributed by atoms with E-state index in [2.05, 4.69) is 4.18 Å². The highest BCUT2D eigenvalue weighted by Gasteiger charge is 2.01. The molecule has 1 atom stereocenters. The van der Waals surface area contributed by atoms with Crippen molar-refractivity contribution in [3.63, 3.8) is 0 Å². The molecule has 0 heterocycles. The fraction of sp³-hybridized carbons (Fsp3) is 0.333. The van der Waals surface area contributed by atoms with Crippen molar-refractivity contribution in [3.05, 3.63) is 35.6 Å². The van der Waals surface area contributed by atoms with Crippen LogP contribution in [0.5, 0.6) is 0 Å². The molecule has 0 saturated heterocycles.